The van der Waals surface area contributed by atoms with Crippen molar-refractivity contribution in [3.63, 3.8) is 0 Å². The summed E-state index contributed by atoms with van der Waals surface area (Å²) < 4.78 is 6.60. The van der Waals surface area contributed by atoms with Crippen molar-refractivity contribution >= 4 is 23.5 Å². The third-order valence-corrected chi connectivity index (χ3v) is 9.40. The minimum Gasteiger partial charge on any atom is -0.481 e. The molecule has 240 valence electrons. The molecule has 0 amide bonds. The molecule has 1 atom stereocenters. The molecule has 1 aliphatic carbocycles. The standard InChI is InChI=1S/C39H42ClNO5/c40-35-10-4-9-34(25-35)36(46-28-32-15-13-30(14-16-32)12-11-29-7-2-1-3-8-29)27-41(24-6-23-39(38(44)45)21-5-22-39)26-31-17-19-33(20-18-31)37(42)43/h1-4,7-10,13-20,25,36H,5-6,11-12,21-24,26-28H2,(H,42,43)(H,44,45). The fourth-order valence-corrected chi connectivity index (χ4v) is 6.39. The average Bonchev–Trinajstić information content (AvgIpc) is 3.04. The summed E-state index contributed by atoms with van der Waals surface area (Å²) in [5, 5.41) is 19.8. The predicted octanol–water partition coefficient (Wildman–Crippen LogP) is 8.62. The second-order valence-corrected chi connectivity index (χ2v) is 12.9. The van der Waals surface area contributed by atoms with Crippen LogP contribution in [0.3, 0.4) is 0 Å². The van der Waals surface area contributed by atoms with Crippen molar-refractivity contribution in [3.8, 4) is 0 Å². The summed E-state index contributed by atoms with van der Waals surface area (Å²) in [5.74, 6) is -1.65. The van der Waals surface area contributed by atoms with E-state index in [1.165, 1.54) is 11.1 Å². The first kappa shape index (κ1) is 33.4. The van der Waals surface area contributed by atoms with Gasteiger partial charge in [0.2, 0.25) is 0 Å². The number of ether oxygens (including phenoxy) is 1. The molecule has 4 aromatic rings. The van der Waals surface area contributed by atoms with Gasteiger partial charge in [0.05, 0.1) is 23.7 Å². The van der Waals surface area contributed by atoms with Crippen LogP contribution in [0, 0.1) is 5.41 Å². The first-order valence-corrected chi connectivity index (χ1v) is 16.4. The van der Waals surface area contributed by atoms with Gasteiger partial charge in [0.25, 0.3) is 0 Å². The van der Waals surface area contributed by atoms with E-state index in [9.17, 15) is 19.8 Å². The van der Waals surface area contributed by atoms with E-state index in [4.69, 9.17) is 16.3 Å². The van der Waals surface area contributed by atoms with Gasteiger partial charge in [-0.15, -0.1) is 0 Å². The number of aryl methyl sites for hydroxylation is 2. The van der Waals surface area contributed by atoms with Gasteiger partial charge in [0.1, 0.15) is 0 Å². The number of carbonyl (C=O) groups is 2. The number of carboxylic acids is 2. The lowest BCUT2D eigenvalue weighted by atomic mass is 9.66. The van der Waals surface area contributed by atoms with Crippen LogP contribution in [0.15, 0.2) is 103 Å². The summed E-state index contributed by atoms with van der Waals surface area (Å²) in [6.45, 7) is 2.26. The maximum absolute atomic E-state index is 12.0. The Balaban J connectivity index is 1.28. The van der Waals surface area contributed by atoms with Crippen LogP contribution in [0.25, 0.3) is 0 Å². The normalized spacial score (nSPS) is 14.5. The molecule has 1 saturated carbocycles. The first-order chi connectivity index (χ1) is 22.3. The number of rotatable bonds is 17. The molecule has 0 aromatic heterocycles. The van der Waals surface area contributed by atoms with Gasteiger partial charge in [-0.2, -0.15) is 0 Å². The van der Waals surface area contributed by atoms with Gasteiger partial charge < -0.3 is 14.9 Å². The van der Waals surface area contributed by atoms with Crippen LogP contribution in [0.1, 0.15) is 76.4 Å². The van der Waals surface area contributed by atoms with E-state index in [1.54, 1.807) is 12.1 Å². The van der Waals surface area contributed by atoms with Gasteiger partial charge in [0.15, 0.2) is 0 Å². The predicted molar refractivity (Wildman–Crippen MR) is 181 cm³/mol. The quantitative estimate of drug-likeness (QED) is 0.120. The molecule has 6 nitrogen and oxygen atoms in total. The molecule has 5 rings (SSSR count). The molecule has 0 saturated heterocycles. The molecule has 2 N–H and O–H groups in total. The fraction of sp³-hybridized carbons (Fsp3) is 0.333. The Labute approximate surface area is 276 Å². The molecule has 46 heavy (non-hydrogen) atoms. The topological polar surface area (TPSA) is 87.1 Å². The van der Waals surface area contributed by atoms with Crippen LogP contribution >= 0.6 is 11.6 Å². The van der Waals surface area contributed by atoms with Crippen molar-refractivity contribution in [1.29, 1.82) is 0 Å². The molecule has 0 aliphatic heterocycles. The molecule has 0 heterocycles. The number of aliphatic carboxylic acids is 1. The van der Waals surface area contributed by atoms with Crippen LogP contribution < -0.4 is 0 Å². The summed E-state index contributed by atoms with van der Waals surface area (Å²) in [6.07, 6.45) is 5.49. The Morgan fingerprint density at radius 1 is 0.804 bits per heavy atom. The number of carboxylic acid groups (broad SMARTS) is 2. The third kappa shape index (κ3) is 9.29. The Bertz CT molecular complexity index is 1570. The number of nitrogens with zero attached hydrogens (tertiary/aromatic N) is 1. The molecule has 7 heteroatoms. The number of hydrogen-bond donors (Lipinski definition) is 2. The van der Waals surface area contributed by atoms with Gasteiger partial charge in [-0.3, -0.25) is 9.69 Å². The second kappa shape index (κ2) is 16.0. The van der Waals surface area contributed by atoms with E-state index in [0.717, 1.165) is 55.2 Å². The van der Waals surface area contributed by atoms with E-state index in [-0.39, 0.29) is 11.7 Å². The van der Waals surface area contributed by atoms with Gasteiger partial charge in [-0.05, 0) is 97.2 Å². The van der Waals surface area contributed by atoms with Gasteiger partial charge in [0, 0.05) is 18.1 Å². The number of benzene rings is 4. The summed E-state index contributed by atoms with van der Waals surface area (Å²) in [5.41, 5.74) is 5.29. The number of halogens is 1. The third-order valence-electron chi connectivity index (χ3n) is 9.16. The molecule has 1 fully saturated rings. The van der Waals surface area contributed by atoms with E-state index >= 15 is 0 Å². The molecule has 1 aliphatic rings. The zero-order valence-electron chi connectivity index (χ0n) is 26.1. The van der Waals surface area contributed by atoms with Crippen molar-refractivity contribution in [1.82, 2.24) is 4.90 Å². The SMILES string of the molecule is O=C(O)c1ccc(CN(CCCC2(C(=O)O)CCC2)CC(OCc2ccc(CCc3ccccc3)cc2)c2cccc(Cl)c2)cc1. The van der Waals surface area contributed by atoms with Crippen molar-refractivity contribution in [2.45, 2.75) is 64.2 Å². The summed E-state index contributed by atoms with van der Waals surface area (Å²) in [4.78, 5) is 25.7. The van der Waals surface area contributed by atoms with Crippen molar-refractivity contribution in [2.24, 2.45) is 5.41 Å². The number of aromatic carboxylic acids is 1. The van der Waals surface area contributed by atoms with Crippen molar-refractivity contribution in [3.05, 3.63) is 142 Å². The van der Waals surface area contributed by atoms with E-state index in [0.29, 0.717) is 37.7 Å². The molecular weight excluding hydrogens is 598 g/mol. The molecular formula is C39H42ClNO5. The minimum absolute atomic E-state index is 0.245. The lowest BCUT2D eigenvalue weighted by Gasteiger charge is -2.38. The highest BCUT2D eigenvalue weighted by molar-refractivity contribution is 6.30. The molecule has 1 unspecified atom stereocenters. The molecule has 4 aromatic carbocycles. The summed E-state index contributed by atoms with van der Waals surface area (Å²) >= 11 is 6.42. The van der Waals surface area contributed by atoms with E-state index in [1.807, 2.05) is 42.5 Å². The first-order valence-electron chi connectivity index (χ1n) is 16.1. The van der Waals surface area contributed by atoms with Gasteiger partial charge in [-0.1, -0.05) is 96.9 Å². The van der Waals surface area contributed by atoms with Crippen LogP contribution in [-0.4, -0.2) is 40.1 Å². The fourth-order valence-electron chi connectivity index (χ4n) is 6.19. The highest BCUT2D eigenvalue weighted by Gasteiger charge is 2.43. The maximum Gasteiger partial charge on any atom is 0.335 e. The Hall–Kier alpha value is -3.97. The van der Waals surface area contributed by atoms with E-state index < -0.39 is 17.4 Å². The largest absolute Gasteiger partial charge is 0.481 e. The molecule has 0 spiro atoms. The smallest absolute Gasteiger partial charge is 0.335 e. The lowest BCUT2D eigenvalue weighted by Crippen LogP contribution is -2.39. The average molecular weight is 640 g/mol. The van der Waals surface area contributed by atoms with Crippen molar-refractivity contribution < 1.29 is 24.5 Å². The monoisotopic (exact) mass is 639 g/mol. The Morgan fingerprint density at radius 3 is 2.07 bits per heavy atom. The maximum atomic E-state index is 12.0. The zero-order valence-corrected chi connectivity index (χ0v) is 26.9. The van der Waals surface area contributed by atoms with Gasteiger partial charge in [-0.25, -0.2) is 4.79 Å². The van der Waals surface area contributed by atoms with E-state index in [2.05, 4.69) is 53.4 Å². The van der Waals surface area contributed by atoms with Crippen LogP contribution in [0.5, 0.6) is 0 Å². The molecule has 0 bridgehead atoms. The van der Waals surface area contributed by atoms with Crippen LogP contribution in [0.4, 0.5) is 0 Å². The molecule has 0 radical (unpaired) electrons. The van der Waals surface area contributed by atoms with Crippen LogP contribution in [-0.2, 0) is 35.5 Å². The van der Waals surface area contributed by atoms with Crippen molar-refractivity contribution in [2.75, 3.05) is 13.1 Å². The minimum atomic E-state index is -0.957. The zero-order chi connectivity index (χ0) is 32.4. The van der Waals surface area contributed by atoms with Crippen LogP contribution in [0.2, 0.25) is 5.02 Å². The van der Waals surface area contributed by atoms with Gasteiger partial charge >= 0.3 is 11.9 Å². The highest BCUT2D eigenvalue weighted by Crippen LogP contribution is 2.45. The summed E-state index contributed by atoms with van der Waals surface area (Å²) in [7, 11) is 0. The Kier molecular flexibility index (Phi) is 11.6. The second-order valence-electron chi connectivity index (χ2n) is 12.4. The summed E-state index contributed by atoms with van der Waals surface area (Å²) in [6, 6.07) is 33.8. The number of hydrogen-bond acceptors (Lipinski definition) is 4. The lowest BCUT2D eigenvalue weighted by molar-refractivity contribution is -0.155. The highest BCUT2D eigenvalue weighted by atomic mass is 35.5. The Morgan fingerprint density at radius 2 is 1.46 bits per heavy atom.